The summed E-state index contributed by atoms with van der Waals surface area (Å²) in [5.41, 5.74) is 1.14. The van der Waals surface area contributed by atoms with Crippen LogP contribution in [0.2, 0.25) is 0 Å². The van der Waals surface area contributed by atoms with Gasteiger partial charge in [-0.1, -0.05) is 6.07 Å². The summed E-state index contributed by atoms with van der Waals surface area (Å²) in [5, 5.41) is 14.2. The minimum Gasteiger partial charge on any atom is -0.481 e. The van der Waals surface area contributed by atoms with Crippen molar-refractivity contribution in [3.8, 4) is 5.88 Å². The average molecular weight is 546 g/mol. The Kier molecular flexibility index (Phi) is 11.6. The van der Waals surface area contributed by atoms with Crippen molar-refractivity contribution in [1.29, 1.82) is 0 Å². The number of halogens is 6. The monoisotopic (exact) mass is 546 g/mol. The standard InChI is InChI=1S/C17H26N4O2.2C2HF3O2/c1-19(2)16(22)12-21-10-7-14-15(21)6-9-20(14)11-13-5-4-8-18-17(13)23-3;2*3-2(4,5)1(6)7/h4-5,8,14-15H,6-7,9-12H2,1-3H3;2*(H,6,7)/t14-,15+;;/m1../s1. The number of ether oxygens (including phenoxy) is 1. The van der Waals surface area contributed by atoms with Crippen LogP contribution in [-0.2, 0) is 20.9 Å². The van der Waals surface area contributed by atoms with Crippen molar-refractivity contribution in [2.24, 2.45) is 0 Å². The predicted molar refractivity (Wildman–Crippen MR) is 116 cm³/mol. The van der Waals surface area contributed by atoms with Gasteiger partial charge in [0, 0.05) is 57.6 Å². The van der Waals surface area contributed by atoms with Gasteiger partial charge in [-0.3, -0.25) is 14.6 Å². The summed E-state index contributed by atoms with van der Waals surface area (Å²) in [7, 11) is 5.32. The van der Waals surface area contributed by atoms with Crippen molar-refractivity contribution < 1.29 is 55.7 Å². The molecule has 0 saturated carbocycles. The zero-order valence-electron chi connectivity index (χ0n) is 20.2. The molecule has 1 aromatic rings. The Morgan fingerprint density at radius 3 is 1.89 bits per heavy atom. The highest BCUT2D eigenvalue weighted by molar-refractivity contribution is 5.77. The largest absolute Gasteiger partial charge is 0.490 e. The van der Waals surface area contributed by atoms with Crippen LogP contribution in [0.25, 0.3) is 0 Å². The number of aliphatic carboxylic acids is 2. The molecule has 2 N–H and O–H groups in total. The molecule has 2 aliphatic rings. The number of carbonyl (C=O) groups excluding carboxylic acids is 1. The second-order valence-corrected chi connectivity index (χ2v) is 8.22. The van der Waals surface area contributed by atoms with Crippen LogP contribution in [0.3, 0.4) is 0 Å². The normalized spacial score (nSPS) is 19.6. The lowest BCUT2D eigenvalue weighted by Crippen LogP contribution is -2.41. The van der Waals surface area contributed by atoms with Gasteiger partial charge in [-0.25, -0.2) is 14.6 Å². The van der Waals surface area contributed by atoms with E-state index in [1.807, 2.05) is 20.2 Å². The number of alkyl halides is 6. The van der Waals surface area contributed by atoms with Crippen LogP contribution < -0.4 is 4.74 Å². The van der Waals surface area contributed by atoms with E-state index >= 15 is 0 Å². The topological polar surface area (TPSA) is 124 Å². The Morgan fingerprint density at radius 1 is 1.00 bits per heavy atom. The van der Waals surface area contributed by atoms with Crippen molar-refractivity contribution in [2.75, 3.05) is 40.8 Å². The Labute approximate surface area is 208 Å². The number of nitrogens with zero attached hydrogens (tertiary/aromatic N) is 4. The van der Waals surface area contributed by atoms with E-state index in [9.17, 15) is 31.1 Å². The third-order valence-corrected chi connectivity index (χ3v) is 5.55. The molecule has 3 heterocycles. The lowest BCUT2D eigenvalue weighted by atomic mass is 10.1. The molecule has 0 bridgehead atoms. The van der Waals surface area contributed by atoms with Crippen molar-refractivity contribution >= 4 is 17.8 Å². The number of likely N-dealkylation sites (tertiary alicyclic amines) is 2. The number of carboxylic acid groups (broad SMARTS) is 2. The van der Waals surface area contributed by atoms with Crippen LogP contribution in [0.15, 0.2) is 18.3 Å². The summed E-state index contributed by atoms with van der Waals surface area (Å²) in [5.74, 6) is -4.60. The van der Waals surface area contributed by atoms with Crippen LogP contribution in [-0.4, -0.2) is 113 Å². The van der Waals surface area contributed by atoms with Gasteiger partial charge >= 0.3 is 24.3 Å². The minimum absolute atomic E-state index is 0.193. The van der Waals surface area contributed by atoms with Gasteiger partial charge in [-0.05, 0) is 18.9 Å². The lowest BCUT2D eigenvalue weighted by Gasteiger charge is -2.26. The number of methoxy groups -OCH3 is 1. The molecule has 1 aromatic heterocycles. The van der Waals surface area contributed by atoms with E-state index in [1.54, 1.807) is 18.2 Å². The number of rotatable bonds is 5. The smallest absolute Gasteiger partial charge is 0.481 e. The highest BCUT2D eigenvalue weighted by Gasteiger charge is 2.43. The summed E-state index contributed by atoms with van der Waals surface area (Å²) in [4.78, 5) is 40.6. The molecule has 0 aliphatic carbocycles. The van der Waals surface area contributed by atoms with Gasteiger partial charge in [0.1, 0.15) is 0 Å². The summed E-state index contributed by atoms with van der Waals surface area (Å²) < 4.78 is 68.8. The molecule has 2 fully saturated rings. The molecule has 3 rings (SSSR count). The van der Waals surface area contributed by atoms with Crippen LogP contribution in [0.5, 0.6) is 5.88 Å². The molecule has 10 nitrogen and oxygen atoms in total. The zero-order chi connectivity index (χ0) is 28.6. The molecular formula is C21H28F6N4O6. The lowest BCUT2D eigenvalue weighted by molar-refractivity contribution is -0.193. The van der Waals surface area contributed by atoms with Gasteiger partial charge in [-0.15, -0.1) is 0 Å². The fraction of sp³-hybridized carbons (Fsp3) is 0.619. The Hall–Kier alpha value is -3.14. The van der Waals surface area contributed by atoms with E-state index in [4.69, 9.17) is 24.5 Å². The number of aromatic nitrogens is 1. The first kappa shape index (κ1) is 31.9. The van der Waals surface area contributed by atoms with E-state index < -0.39 is 24.3 Å². The van der Waals surface area contributed by atoms with E-state index in [0.717, 1.165) is 38.0 Å². The summed E-state index contributed by atoms with van der Waals surface area (Å²) in [6, 6.07) is 5.08. The van der Waals surface area contributed by atoms with Crippen LogP contribution >= 0.6 is 0 Å². The Morgan fingerprint density at radius 2 is 1.46 bits per heavy atom. The molecule has 1 amide bonds. The van der Waals surface area contributed by atoms with E-state index in [-0.39, 0.29) is 5.91 Å². The maximum Gasteiger partial charge on any atom is 0.490 e. The van der Waals surface area contributed by atoms with Gasteiger partial charge in [0.05, 0.1) is 13.7 Å². The molecule has 2 saturated heterocycles. The number of hydrogen-bond acceptors (Lipinski definition) is 7. The SMILES string of the molecule is COc1ncccc1CN1CC[C@H]2[C@H]1CCN2CC(=O)N(C)C.O=C(O)C(F)(F)F.O=C(O)C(F)(F)F. The second kappa shape index (κ2) is 13.4. The second-order valence-electron chi connectivity index (χ2n) is 8.22. The number of fused-ring (bicyclic) bond motifs is 1. The van der Waals surface area contributed by atoms with Crippen molar-refractivity contribution in [2.45, 2.75) is 43.8 Å². The van der Waals surface area contributed by atoms with Crippen LogP contribution in [0.4, 0.5) is 26.3 Å². The third-order valence-electron chi connectivity index (χ3n) is 5.55. The highest BCUT2D eigenvalue weighted by atomic mass is 19.4. The predicted octanol–water partition coefficient (Wildman–Crippen LogP) is 2.09. The summed E-state index contributed by atoms with van der Waals surface area (Å²) >= 11 is 0. The number of likely N-dealkylation sites (N-methyl/N-ethyl adjacent to an activating group) is 1. The van der Waals surface area contributed by atoms with Crippen LogP contribution in [0, 0.1) is 0 Å². The molecule has 210 valence electrons. The first-order valence-electron chi connectivity index (χ1n) is 10.7. The fourth-order valence-corrected chi connectivity index (χ4v) is 3.82. The van der Waals surface area contributed by atoms with Gasteiger partial charge in [0.2, 0.25) is 11.8 Å². The maximum absolute atomic E-state index is 12.0. The molecule has 16 heteroatoms. The Balaban J connectivity index is 0.000000404. The molecule has 0 unspecified atom stereocenters. The van der Waals surface area contributed by atoms with Gasteiger partial charge in [-0.2, -0.15) is 26.3 Å². The maximum atomic E-state index is 12.0. The number of amides is 1. The number of hydrogen-bond donors (Lipinski definition) is 2. The van der Waals surface area contributed by atoms with Gasteiger partial charge in [0.25, 0.3) is 0 Å². The highest BCUT2D eigenvalue weighted by Crippen LogP contribution is 2.33. The summed E-state index contributed by atoms with van der Waals surface area (Å²) in [6.45, 7) is 3.49. The van der Waals surface area contributed by atoms with Crippen molar-refractivity contribution in [3.63, 3.8) is 0 Å². The van der Waals surface area contributed by atoms with E-state index in [1.165, 1.54) is 0 Å². The molecule has 2 atom stereocenters. The number of pyridine rings is 1. The minimum atomic E-state index is -5.08. The fourth-order valence-electron chi connectivity index (χ4n) is 3.82. The van der Waals surface area contributed by atoms with E-state index in [0.29, 0.717) is 24.5 Å². The van der Waals surface area contributed by atoms with Crippen LogP contribution in [0.1, 0.15) is 18.4 Å². The van der Waals surface area contributed by atoms with Gasteiger partial charge in [0.15, 0.2) is 0 Å². The number of carboxylic acids is 2. The number of carbonyl (C=O) groups is 3. The van der Waals surface area contributed by atoms with Gasteiger partial charge < -0.3 is 19.8 Å². The molecule has 0 spiro atoms. The zero-order valence-corrected chi connectivity index (χ0v) is 20.2. The van der Waals surface area contributed by atoms with Crippen molar-refractivity contribution in [1.82, 2.24) is 19.7 Å². The third kappa shape index (κ3) is 10.0. The molecule has 37 heavy (non-hydrogen) atoms. The first-order chi connectivity index (χ1) is 17.0. The Bertz CT molecular complexity index is 904. The average Bonchev–Trinajstić information content (AvgIpc) is 3.37. The molecule has 0 aromatic carbocycles. The first-order valence-corrected chi connectivity index (χ1v) is 10.7. The van der Waals surface area contributed by atoms with E-state index in [2.05, 4.69) is 20.9 Å². The quantitative estimate of drug-likeness (QED) is 0.535. The molecule has 0 radical (unpaired) electrons. The molecule has 2 aliphatic heterocycles. The van der Waals surface area contributed by atoms with Crippen molar-refractivity contribution in [3.05, 3.63) is 23.9 Å². The summed E-state index contributed by atoms with van der Waals surface area (Å²) in [6.07, 6.45) is -6.14. The molecular weight excluding hydrogens is 518 g/mol.